The van der Waals surface area contributed by atoms with Gasteiger partial charge in [0.1, 0.15) is 0 Å². The molecule has 5 aliphatic carbocycles. The Balaban J connectivity index is 0.000000400. The highest BCUT2D eigenvalue weighted by atomic mass is 35.5. The van der Waals surface area contributed by atoms with E-state index in [-0.39, 0.29) is 41.8 Å². The van der Waals surface area contributed by atoms with Gasteiger partial charge in [-0.15, -0.1) is 0 Å². The molecule has 5 amide bonds. The second-order valence-electron chi connectivity index (χ2n) is 18.5. The number of halogens is 2. The smallest absolute Gasteiger partial charge is 0.270 e. The van der Waals surface area contributed by atoms with E-state index >= 15 is 0 Å². The molecule has 0 atom stereocenters. The molecule has 27 heteroatoms. The van der Waals surface area contributed by atoms with Crippen molar-refractivity contribution in [1.29, 1.82) is 0 Å². The third-order valence-corrected chi connectivity index (χ3v) is 21.1. The molecule has 0 aliphatic heterocycles. The van der Waals surface area contributed by atoms with Crippen molar-refractivity contribution in [3.8, 4) is 0 Å². The molecule has 374 valence electrons. The van der Waals surface area contributed by atoms with Crippen LogP contribution in [0.4, 0.5) is 4.39 Å². The maximum absolute atomic E-state index is 13.1. The van der Waals surface area contributed by atoms with Gasteiger partial charge in [-0.2, -0.15) is 0 Å². The number of rotatable bonds is 15. The van der Waals surface area contributed by atoms with Gasteiger partial charge in [-0.25, -0.2) is 46.5 Å². The van der Waals surface area contributed by atoms with Gasteiger partial charge >= 0.3 is 0 Å². The molecule has 5 N–H and O–H groups in total. The van der Waals surface area contributed by atoms with Crippen LogP contribution in [-0.4, -0.2) is 95.6 Å². The molecule has 0 aromatic carbocycles. The van der Waals surface area contributed by atoms with Crippen molar-refractivity contribution in [1.82, 2.24) is 23.6 Å². The van der Waals surface area contributed by atoms with E-state index in [1.54, 1.807) is 87.8 Å². The van der Waals surface area contributed by atoms with E-state index in [1.807, 2.05) is 4.72 Å². The summed E-state index contributed by atoms with van der Waals surface area (Å²) in [7, 11) is -18.0. The zero-order valence-electron chi connectivity index (χ0n) is 38.5. The molecule has 0 spiro atoms. The number of sulfonamides is 5. The monoisotopic (exact) mass is 1040 g/mol. The van der Waals surface area contributed by atoms with E-state index in [0.717, 1.165) is 0 Å². The zero-order valence-corrected chi connectivity index (χ0v) is 43.3. The van der Waals surface area contributed by atoms with E-state index in [0.29, 0.717) is 51.4 Å². The number of carbonyl (C=O) groups excluding carboxylic acids is 5. The molecule has 5 saturated carbocycles. The summed E-state index contributed by atoms with van der Waals surface area (Å²) >= 11 is 5.68. The van der Waals surface area contributed by atoms with E-state index in [2.05, 4.69) is 14.2 Å². The van der Waals surface area contributed by atoms with Gasteiger partial charge in [0.25, 0.3) is 20.0 Å². The van der Waals surface area contributed by atoms with Gasteiger partial charge in [-0.1, -0.05) is 80.8 Å². The number of hydrogen-bond donors (Lipinski definition) is 5. The fourth-order valence-electron chi connectivity index (χ4n) is 3.77. The van der Waals surface area contributed by atoms with Crippen LogP contribution in [0.2, 0.25) is 0 Å². The first kappa shape index (κ1) is 59.3. The number of nitrogens with one attached hydrogen (secondary N) is 5. The SMILES string of the molecule is CC(C)C(=O)NS(=O)(=O)C1(C)CC1.CC(C)C(=O)NS(=O)(=O)C1(C)CC1.CC(C)C(=O)NS(=O)(=O)C1(Cl)CC1.CC(C)C(=O)NS(=O)(=O)C1(F)CC1.CC(C)C(=O)NS(=O)(=O)C1CC1. The topological polar surface area (TPSA) is 316 Å². The van der Waals surface area contributed by atoms with Crippen LogP contribution in [0.25, 0.3) is 0 Å². The number of hydrogen-bond acceptors (Lipinski definition) is 15. The van der Waals surface area contributed by atoms with Gasteiger partial charge < -0.3 is 0 Å². The molecule has 0 aromatic rings. The first-order valence-electron chi connectivity index (χ1n) is 20.7. The Labute approximate surface area is 384 Å². The third-order valence-electron chi connectivity index (χ3n) is 10.2. The molecule has 0 unspecified atom stereocenters. The highest BCUT2D eigenvalue weighted by Crippen LogP contribution is 2.47. The lowest BCUT2D eigenvalue weighted by molar-refractivity contribution is -0.123. The minimum Gasteiger partial charge on any atom is -0.274 e. The molecular formula is C37H67ClFN5O15S5. The number of alkyl halides is 2. The van der Waals surface area contributed by atoms with Gasteiger partial charge in [-0.3, -0.25) is 47.6 Å². The van der Waals surface area contributed by atoms with Crippen LogP contribution in [0.15, 0.2) is 0 Å². The van der Waals surface area contributed by atoms with Gasteiger partial charge in [-0.05, 0) is 65.2 Å². The Morgan fingerprint density at radius 3 is 0.906 bits per heavy atom. The number of carbonyl (C=O) groups is 5. The Kier molecular flexibility index (Phi) is 19.9. The largest absolute Gasteiger partial charge is 0.274 e. The van der Waals surface area contributed by atoms with Crippen molar-refractivity contribution in [2.45, 2.75) is 171 Å². The molecule has 0 aromatic heterocycles. The minimum atomic E-state index is -4.10. The van der Waals surface area contributed by atoms with Crippen molar-refractivity contribution >= 4 is 91.3 Å². The third kappa shape index (κ3) is 17.5. The Morgan fingerprint density at radius 1 is 0.438 bits per heavy atom. The van der Waals surface area contributed by atoms with Crippen LogP contribution < -0.4 is 23.6 Å². The molecule has 5 fully saturated rings. The van der Waals surface area contributed by atoms with Gasteiger partial charge in [0, 0.05) is 42.4 Å². The molecule has 5 aliphatic rings. The normalized spacial score (nSPS) is 19.6. The molecule has 0 saturated heterocycles. The molecular weight excluding hydrogens is 969 g/mol. The fraction of sp³-hybridized carbons (Fsp3) is 0.865. The molecule has 0 bridgehead atoms. The van der Waals surface area contributed by atoms with Crippen molar-refractivity contribution in [2.24, 2.45) is 29.6 Å². The highest BCUT2D eigenvalue weighted by Gasteiger charge is 2.57. The highest BCUT2D eigenvalue weighted by molar-refractivity contribution is 7.93. The second kappa shape index (κ2) is 21.5. The summed E-state index contributed by atoms with van der Waals surface area (Å²) < 4.78 is 134. The summed E-state index contributed by atoms with van der Waals surface area (Å²) in [6.07, 6.45) is 4.73. The van der Waals surface area contributed by atoms with Crippen LogP contribution in [0.5, 0.6) is 0 Å². The minimum absolute atomic E-state index is 0.0201. The standard InChI is InChI=1S/2C8H15NO3S.C7H12ClNO3S.C7H12FNO3S.C7H13NO3S/c2*1-6(2)7(10)9-13(11,12)8(3)4-5-8;2*1-5(2)6(10)9-13(11,12)7(8)3-4-7;1-5(2)7(9)8-12(10,11)6-3-4-6/h2*6H,4-5H2,1-3H3,(H,9,10);2*5H,3-4H2,1-2H3,(H,9,10);5-6H,3-4H2,1-2H3,(H,8,9). The van der Waals surface area contributed by atoms with Gasteiger partial charge in [0.2, 0.25) is 64.6 Å². The average molecular weight is 1040 g/mol. The Morgan fingerprint density at radius 2 is 0.688 bits per heavy atom. The lowest BCUT2D eigenvalue weighted by Crippen LogP contribution is -2.40. The van der Waals surface area contributed by atoms with Gasteiger partial charge in [0.05, 0.1) is 14.7 Å². The second-order valence-corrected chi connectivity index (χ2v) is 29.8. The zero-order chi connectivity index (χ0) is 50.5. The van der Waals surface area contributed by atoms with Crippen LogP contribution in [-0.2, 0) is 74.1 Å². The molecule has 20 nitrogen and oxygen atoms in total. The predicted octanol–water partition coefficient (Wildman–Crippen LogP) is 2.90. The molecule has 0 heterocycles. The summed E-state index contributed by atoms with van der Waals surface area (Å²) in [5, 5.41) is -2.52. The predicted molar refractivity (Wildman–Crippen MR) is 239 cm³/mol. The van der Waals surface area contributed by atoms with E-state index < -0.39 is 104 Å². The van der Waals surface area contributed by atoms with Crippen LogP contribution in [0, 0.1) is 29.6 Å². The first-order chi connectivity index (χ1) is 28.6. The van der Waals surface area contributed by atoms with Crippen molar-refractivity contribution < 1.29 is 70.5 Å². The summed E-state index contributed by atoms with van der Waals surface area (Å²) in [4.78, 5) is 55.3. The van der Waals surface area contributed by atoms with Crippen LogP contribution >= 0.6 is 11.6 Å². The van der Waals surface area contributed by atoms with E-state index in [9.17, 15) is 70.5 Å². The van der Waals surface area contributed by atoms with Crippen LogP contribution in [0.1, 0.15) is 147 Å². The molecule has 64 heavy (non-hydrogen) atoms. The molecule has 5 rings (SSSR count). The quantitative estimate of drug-likeness (QED) is 0.147. The first-order valence-corrected chi connectivity index (χ1v) is 28.6. The molecule has 0 radical (unpaired) electrons. The van der Waals surface area contributed by atoms with Crippen molar-refractivity contribution in [3.05, 3.63) is 0 Å². The van der Waals surface area contributed by atoms with E-state index in [4.69, 9.17) is 11.6 Å². The summed E-state index contributed by atoms with van der Waals surface area (Å²) in [6.45, 7) is 19.6. The van der Waals surface area contributed by atoms with E-state index in [1.165, 1.54) is 0 Å². The lowest BCUT2D eigenvalue weighted by atomic mass is 10.2. The van der Waals surface area contributed by atoms with Gasteiger partial charge in [0.15, 0.2) is 4.21 Å². The van der Waals surface area contributed by atoms with Crippen molar-refractivity contribution in [3.63, 3.8) is 0 Å². The summed E-state index contributed by atoms with van der Waals surface area (Å²) in [6, 6.07) is 0. The number of amides is 5. The fourth-order valence-corrected chi connectivity index (χ4v) is 10.8. The average Bonchev–Trinajstić information content (AvgIpc) is 3.91. The summed E-state index contributed by atoms with van der Waals surface area (Å²) in [5.41, 5.74) is 0. The van der Waals surface area contributed by atoms with Crippen LogP contribution in [0.3, 0.4) is 0 Å². The Bertz CT molecular complexity index is 2040. The lowest BCUT2D eigenvalue weighted by Gasteiger charge is -2.13. The maximum Gasteiger partial charge on any atom is 0.270 e. The summed E-state index contributed by atoms with van der Waals surface area (Å²) in [5.74, 6) is -4.11. The maximum atomic E-state index is 13.1. The van der Waals surface area contributed by atoms with Crippen molar-refractivity contribution in [2.75, 3.05) is 0 Å². The Hall–Kier alpha value is -2.68.